The van der Waals surface area contributed by atoms with Gasteiger partial charge in [0.05, 0.1) is 29.0 Å². The lowest BCUT2D eigenvalue weighted by atomic mass is 10.1. The van der Waals surface area contributed by atoms with Gasteiger partial charge < -0.3 is 9.47 Å². The van der Waals surface area contributed by atoms with E-state index in [0.29, 0.717) is 23.8 Å². The topological polar surface area (TPSA) is 72.9 Å². The number of hydrogen-bond acceptors (Lipinski definition) is 5. The van der Waals surface area contributed by atoms with Crippen molar-refractivity contribution in [2.75, 3.05) is 11.5 Å². The molecule has 1 heterocycles. The van der Waals surface area contributed by atoms with Gasteiger partial charge >= 0.3 is 5.97 Å². The van der Waals surface area contributed by atoms with E-state index in [2.05, 4.69) is 6.92 Å². The van der Waals surface area contributed by atoms with E-state index in [0.717, 1.165) is 24.2 Å². The van der Waals surface area contributed by atoms with Crippen LogP contribution in [0.15, 0.2) is 72.8 Å². The number of fused-ring (bicyclic) bond motifs is 1. The molecule has 1 aliphatic heterocycles. The van der Waals surface area contributed by atoms with Crippen molar-refractivity contribution in [2.45, 2.75) is 26.2 Å². The second-order valence-electron chi connectivity index (χ2n) is 7.46. The van der Waals surface area contributed by atoms with Gasteiger partial charge in [-0.25, -0.2) is 9.69 Å². The average Bonchev–Trinajstić information content (AvgIpc) is 3.07. The normalized spacial score (nSPS) is 12.6. The molecule has 0 fully saturated rings. The van der Waals surface area contributed by atoms with Crippen molar-refractivity contribution >= 4 is 23.5 Å². The van der Waals surface area contributed by atoms with Gasteiger partial charge in [-0.15, -0.1) is 0 Å². The molecule has 1 aliphatic rings. The molecule has 0 radical (unpaired) electrons. The highest BCUT2D eigenvalue weighted by Crippen LogP contribution is 2.31. The van der Waals surface area contributed by atoms with Crippen LogP contribution in [0, 0.1) is 0 Å². The Hall–Kier alpha value is -3.93. The van der Waals surface area contributed by atoms with Crippen molar-refractivity contribution < 1.29 is 23.9 Å². The molecule has 0 spiro atoms. The van der Waals surface area contributed by atoms with Gasteiger partial charge in [0.2, 0.25) is 0 Å². The lowest BCUT2D eigenvalue weighted by Crippen LogP contribution is -2.29. The Labute approximate surface area is 186 Å². The highest BCUT2D eigenvalue weighted by Gasteiger charge is 2.37. The summed E-state index contributed by atoms with van der Waals surface area (Å²) in [6, 6.07) is 20.5. The molecule has 0 aliphatic carbocycles. The number of esters is 1. The molecule has 3 aromatic rings. The van der Waals surface area contributed by atoms with Crippen molar-refractivity contribution in [3.8, 4) is 11.5 Å². The zero-order chi connectivity index (χ0) is 22.5. The number of carbonyl (C=O) groups is 3. The van der Waals surface area contributed by atoms with E-state index < -0.39 is 17.8 Å². The summed E-state index contributed by atoms with van der Waals surface area (Å²) in [6.07, 6.45) is 2.80. The molecule has 32 heavy (non-hydrogen) atoms. The zero-order valence-electron chi connectivity index (χ0n) is 17.7. The van der Waals surface area contributed by atoms with E-state index >= 15 is 0 Å². The minimum absolute atomic E-state index is 0.197. The van der Waals surface area contributed by atoms with E-state index in [1.54, 1.807) is 24.3 Å². The van der Waals surface area contributed by atoms with Crippen LogP contribution in [0.25, 0.3) is 0 Å². The van der Waals surface area contributed by atoms with Gasteiger partial charge in [0.25, 0.3) is 11.8 Å². The third kappa shape index (κ3) is 4.39. The number of ether oxygens (including phenoxy) is 2. The van der Waals surface area contributed by atoms with Crippen molar-refractivity contribution in [1.29, 1.82) is 0 Å². The summed E-state index contributed by atoms with van der Waals surface area (Å²) in [5, 5.41) is 0. The molecule has 0 N–H and O–H groups in total. The molecule has 0 atom stereocenters. The van der Waals surface area contributed by atoms with Crippen molar-refractivity contribution in [1.82, 2.24) is 0 Å². The Morgan fingerprint density at radius 3 is 2.22 bits per heavy atom. The van der Waals surface area contributed by atoms with Crippen LogP contribution in [0.2, 0.25) is 0 Å². The molecule has 4 rings (SSSR count). The maximum atomic E-state index is 13.0. The average molecular weight is 429 g/mol. The summed E-state index contributed by atoms with van der Waals surface area (Å²) in [6.45, 7) is 2.40. The maximum absolute atomic E-state index is 13.0. The summed E-state index contributed by atoms with van der Waals surface area (Å²) in [4.78, 5) is 39.2. The Morgan fingerprint density at radius 1 is 0.812 bits per heavy atom. The Bertz CT molecular complexity index is 1140. The van der Waals surface area contributed by atoms with Gasteiger partial charge in [0.1, 0.15) is 11.5 Å². The van der Waals surface area contributed by atoms with Gasteiger partial charge in [0, 0.05) is 0 Å². The lowest BCUT2D eigenvalue weighted by molar-refractivity contribution is 0.0498. The van der Waals surface area contributed by atoms with Crippen LogP contribution in [0.4, 0.5) is 5.69 Å². The number of anilines is 1. The smallest absolute Gasteiger partial charge is 0.338 e. The number of rotatable bonds is 8. The quantitative estimate of drug-likeness (QED) is 0.264. The summed E-state index contributed by atoms with van der Waals surface area (Å²) >= 11 is 0. The summed E-state index contributed by atoms with van der Waals surface area (Å²) in [5.41, 5.74) is 1.15. The predicted octanol–water partition coefficient (Wildman–Crippen LogP) is 5.63. The maximum Gasteiger partial charge on any atom is 0.338 e. The van der Waals surface area contributed by atoms with Crippen LogP contribution in [0.1, 0.15) is 57.3 Å². The Kier molecular flexibility index (Phi) is 6.31. The van der Waals surface area contributed by atoms with Gasteiger partial charge in [-0.2, -0.15) is 0 Å². The van der Waals surface area contributed by atoms with E-state index in [1.165, 1.54) is 18.2 Å². The van der Waals surface area contributed by atoms with Gasteiger partial charge in [-0.1, -0.05) is 38.0 Å². The molecule has 0 aromatic heterocycles. The van der Waals surface area contributed by atoms with Crippen LogP contribution in [0.3, 0.4) is 0 Å². The third-order valence-electron chi connectivity index (χ3n) is 5.18. The highest BCUT2D eigenvalue weighted by atomic mass is 16.5. The van der Waals surface area contributed by atoms with E-state index in [4.69, 9.17) is 9.47 Å². The summed E-state index contributed by atoms with van der Waals surface area (Å²) in [5.74, 6) is -0.114. The number of nitrogens with zero attached hydrogens (tertiary/aromatic N) is 1. The van der Waals surface area contributed by atoms with Gasteiger partial charge in [0.15, 0.2) is 0 Å². The molecular weight excluding hydrogens is 406 g/mol. The second kappa shape index (κ2) is 9.47. The van der Waals surface area contributed by atoms with Crippen LogP contribution < -0.4 is 9.64 Å². The summed E-state index contributed by atoms with van der Waals surface area (Å²) in [7, 11) is 0. The van der Waals surface area contributed by atoms with E-state index in [9.17, 15) is 14.4 Å². The van der Waals surface area contributed by atoms with Gasteiger partial charge in [-0.3, -0.25) is 9.59 Å². The number of amides is 2. The number of hydrogen-bond donors (Lipinski definition) is 0. The first-order valence-electron chi connectivity index (χ1n) is 10.6. The monoisotopic (exact) mass is 429 g/mol. The molecule has 162 valence electrons. The largest absolute Gasteiger partial charge is 0.462 e. The number of unbranched alkanes of at least 4 members (excludes halogenated alkanes) is 2. The number of imide groups is 1. The fraction of sp³-hybridized carbons (Fsp3) is 0.192. The SMILES string of the molecule is CCCCCOC(=O)c1ccc2c(c1)C(=O)N(c1ccc(Oc3ccccc3)cc1)C2=O. The van der Waals surface area contributed by atoms with E-state index in [-0.39, 0.29) is 16.7 Å². The van der Waals surface area contributed by atoms with Crippen LogP contribution in [0.5, 0.6) is 11.5 Å². The first kappa shape index (κ1) is 21.3. The molecule has 0 unspecified atom stereocenters. The van der Waals surface area contributed by atoms with Crippen molar-refractivity contribution in [2.24, 2.45) is 0 Å². The molecule has 0 saturated heterocycles. The predicted molar refractivity (Wildman–Crippen MR) is 120 cm³/mol. The molecular formula is C26H23NO5. The summed E-state index contributed by atoms with van der Waals surface area (Å²) < 4.78 is 11.0. The van der Waals surface area contributed by atoms with Crippen LogP contribution in [-0.4, -0.2) is 24.4 Å². The molecule has 3 aromatic carbocycles. The molecule has 0 bridgehead atoms. The first-order valence-corrected chi connectivity index (χ1v) is 10.6. The van der Waals surface area contributed by atoms with Gasteiger partial charge in [-0.05, 0) is 61.0 Å². The molecule has 2 amide bonds. The van der Waals surface area contributed by atoms with Crippen molar-refractivity contribution in [3.05, 3.63) is 89.5 Å². The Morgan fingerprint density at radius 2 is 1.50 bits per heavy atom. The van der Waals surface area contributed by atoms with Crippen LogP contribution >= 0.6 is 0 Å². The first-order chi connectivity index (χ1) is 15.6. The zero-order valence-corrected chi connectivity index (χ0v) is 17.7. The van der Waals surface area contributed by atoms with E-state index in [1.807, 2.05) is 30.3 Å². The minimum Gasteiger partial charge on any atom is -0.462 e. The highest BCUT2D eigenvalue weighted by molar-refractivity contribution is 6.34. The molecule has 6 heteroatoms. The standard InChI is InChI=1S/C26H23NO5/c1-2-3-7-16-31-26(30)18-10-15-22-23(17-18)25(29)27(24(22)28)19-11-13-21(14-12-19)32-20-8-5-4-6-9-20/h4-6,8-15,17H,2-3,7,16H2,1H3. The number of benzene rings is 3. The molecule has 0 saturated carbocycles. The third-order valence-corrected chi connectivity index (χ3v) is 5.18. The fourth-order valence-electron chi connectivity index (χ4n) is 3.49. The fourth-order valence-corrected chi connectivity index (χ4v) is 3.49. The van der Waals surface area contributed by atoms with Crippen LogP contribution in [-0.2, 0) is 4.74 Å². The van der Waals surface area contributed by atoms with Crippen molar-refractivity contribution in [3.63, 3.8) is 0 Å². The Balaban J connectivity index is 1.49. The number of carbonyl (C=O) groups excluding carboxylic acids is 3. The lowest BCUT2D eigenvalue weighted by Gasteiger charge is -2.14. The number of para-hydroxylation sites is 1. The second-order valence-corrected chi connectivity index (χ2v) is 7.46. The molecule has 6 nitrogen and oxygen atoms in total. The minimum atomic E-state index is -0.495.